The smallest absolute Gasteiger partial charge is 0.274 e. The van der Waals surface area contributed by atoms with E-state index in [9.17, 15) is 10.1 Å². The average Bonchev–Trinajstić information content (AvgIpc) is 2.85. The summed E-state index contributed by atoms with van der Waals surface area (Å²) in [6, 6.07) is 0. The van der Waals surface area contributed by atoms with Crippen LogP contribution in [0.3, 0.4) is 0 Å². The summed E-state index contributed by atoms with van der Waals surface area (Å²) in [5.41, 5.74) is 6.62. The van der Waals surface area contributed by atoms with E-state index in [-0.39, 0.29) is 0 Å². The van der Waals surface area contributed by atoms with E-state index >= 15 is 0 Å². The first-order valence-corrected chi connectivity index (χ1v) is 8.45. The molecule has 0 aromatic carbocycles. The fourth-order valence-corrected chi connectivity index (χ4v) is 3.12. The van der Waals surface area contributed by atoms with Gasteiger partial charge in [0.1, 0.15) is 5.01 Å². The monoisotopic (exact) mass is 331 g/mol. The third kappa shape index (κ3) is 6.78. The van der Waals surface area contributed by atoms with Crippen molar-refractivity contribution >= 4 is 23.1 Å². The Kier molecular flexibility index (Phi) is 6.93. The van der Waals surface area contributed by atoms with Gasteiger partial charge < -0.3 is 16.4 Å². The van der Waals surface area contributed by atoms with Crippen molar-refractivity contribution in [3.8, 4) is 0 Å². The van der Waals surface area contributed by atoms with Crippen molar-refractivity contribution in [3.05, 3.63) is 38.2 Å². The molecule has 0 aliphatic carbocycles. The molecule has 0 radical (unpaired) electrons. The molecule has 0 saturated heterocycles. The van der Waals surface area contributed by atoms with Gasteiger partial charge in [0.05, 0.1) is 16.2 Å². The highest BCUT2D eigenvalue weighted by atomic mass is 32.2. The average molecular weight is 331 g/mol. The molecule has 0 atom stereocenters. The van der Waals surface area contributed by atoms with Gasteiger partial charge >= 0.3 is 0 Å². The molecule has 0 fully saturated rings. The number of aromatic nitrogens is 1. The number of hydrogen-bond donors (Lipinski definition) is 3. The molecular weight excluding hydrogens is 310 g/mol. The lowest BCUT2D eigenvalue weighted by Gasteiger charge is -2.13. The van der Waals surface area contributed by atoms with Crippen molar-refractivity contribution in [2.75, 3.05) is 19.3 Å². The van der Waals surface area contributed by atoms with E-state index in [0.29, 0.717) is 12.4 Å². The van der Waals surface area contributed by atoms with Gasteiger partial charge in [-0.2, -0.15) is 11.8 Å². The van der Waals surface area contributed by atoms with Crippen LogP contribution < -0.4 is 16.4 Å². The summed E-state index contributed by atoms with van der Waals surface area (Å²) in [4.78, 5) is 14.4. The molecule has 21 heavy (non-hydrogen) atoms. The zero-order valence-corrected chi connectivity index (χ0v) is 14.0. The second kappa shape index (κ2) is 8.20. The minimum absolute atomic E-state index is 0.399. The van der Waals surface area contributed by atoms with Crippen molar-refractivity contribution < 1.29 is 4.92 Å². The summed E-state index contributed by atoms with van der Waals surface area (Å²) in [5, 5.41) is 19.0. The molecular formula is C12H21N5O2S2. The van der Waals surface area contributed by atoms with Gasteiger partial charge in [0.2, 0.25) is 0 Å². The lowest BCUT2D eigenvalue weighted by atomic mass is 10.1. The maximum Gasteiger partial charge on any atom is 0.274 e. The number of nitrogens with two attached hydrogens (primary N) is 1. The first-order valence-electron chi connectivity index (χ1n) is 6.41. The zero-order valence-electron chi connectivity index (χ0n) is 12.4. The highest BCUT2D eigenvalue weighted by Crippen LogP contribution is 2.23. The van der Waals surface area contributed by atoms with Gasteiger partial charge in [-0.15, -0.1) is 11.3 Å². The van der Waals surface area contributed by atoms with E-state index in [1.54, 1.807) is 30.1 Å². The molecule has 118 valence electrons. The summed E-state index contributed by atoms with van der Waals surface area (Å²) in [6.07, 6.45) is 0.917. The van der Waals surface area contributed by atoms with Gasteiger partial charge in [-0.05, 0) is 13.8 Å². The van der Waals surface area contributed by atoms with E-state index in [1.807, 2.05) is 19.2 Å². The first-order chi connectivity index (χ1) is 9.82. The fraction of sp³-hybridized carbons (Fsp3) is 0.583. The second-order valence-corrected chi connectivity index (χ2v) is 6.89. The maximum atomic E-state index is 10.4. The van der Waals surface area contributed by atoms with Crippen molar-refractivity contribution in [2.24, 2.45) is 5.73 Å². The highest BCUT2D eigenvalue weighted by molar-refractivity contribution is 7.98. The molecule has 0 saturated carbocycles. The molecule has 1 aromatic heterocycles. The van der Waals surface area contributed by atoms with Crippen LogP contribution in [0.2, 0.25) is 0 Å². The van der Waals surface area contributed by atoms with Crippen LogP contribution in [0.25, 0.3) is 0 Å². The summed E-state index contributed by atoms with van der Waals surface area (Å²) >= 11 is 3.29. The van der Waals surface area contributed by atoms with Crippen LogP contribution in [0.5, 0.6) is 0 Å². The number of nitrogens with zero attached hydrogens (tertiary/aromatic N) is 2. The minimum Gasteiger partial charge on any atom is -0.370 e. The fourth-order valence-electron chi connectivity index (χ4n) is 1.41. The van der Waals surface area contributed by atoms with Crippen LogP contribution in [0, 0.1) is 10.1 Å². The number of nitro groups is 1. The SMILES string of the molecule is CN/C(=C\[N+](=O)[O-])NCCSCc1csc(C(C)(C)N)n1. The number of thiazole rings is 1. The van der Waals surface area contributed by atoms with E-state index < -0.39 is 10.5 Å². The first kappa shape index (κ1) is 17.7. The second-order valence-electron chi connectivity index (χ2n) is 4.92. The van der Waals surface area contributed by atoms with Crippen LogP contribution >= 0.6 is 23.1 Å². The molecule has 4 N–H and O–H groups in total. The van der Waals surface area contributed by atoms with Gasteiger partial charge in [0.15, 0.2) is 5.82 Å². The van der Waals surface area contributed by atoms with Crippen LogP contribution in [0.15, 0.2) is 17.4 Å². The van der Waals surface area contributed by atoms with E-state index in [1.165, 1.54) is 0 Å². The third-order valence-electron chi connectivity index (χ3n) is 2.42. The number of thioether (sulfide) groups is 1. The van der Waals surface area contributed by atoms with Crippen molar-refractivity contribution in [3.63, 3.8) is 0 Å². The molecule has 0 amide bonds. The van der Waals surface area contributed by atoms with Crippen LogP contribution in [-0.2, 0) is 11.3 Å². The molecule has 1 rings (SSSR count). The summed E-state index contributed by atoms with van der Waals surface area (Å²) < 4.78 is 0. The normalized spacial score (nSPS) is 12.3. The van der Waals surface area contributed by atoms with Gasteiger partial charge in [0, 0.05) is 30.5 Å². The molecule has 7 nitrogen and oxygen atoms in total. The molecule has 0 bridgehead atoms. The number of rotatable bonds is 9. The molecule has 9 heteroatoms. The summed E-state index contributed by atoms with van der Waals surface area (Å²) in [7, 11) is 1.64. The zero-order chi connectivity index (χ0) is 15.9. The Hall–Kier alpha value is -1.32. The lowest BCUT2D eigenvalue weighted by Crippen LogP contribution is -2.28. The van der Waals surface area contributed by atoms with Crippen LogP contribution in [-0.4, -0.2) is 29.3 Å². The van der Waals surface area contributed by atoms with Gasteiger partial charge in [0.25, 0.3) is 6.20 Å². The Morgan fingerprint density at radius 2 is 2.38 bits per heavy atom. The topological polar surface area (TPSA) is 106 Å². The van der Waals surface area contributed by atoms with Crippen LogP contribution in [0.1, 0.15) is 24.5 Å². The van der Waals surface area contributed by atoms with Gasteiger partial charge in [-0.25, -0.2) is 4.98 Å². The molecule has 1 aromatic rings. The van der Waals surface area contributed by atoms with E-state index in [2.05, 4.69) is 15.6 Å². The Balaban J connectivity index is 2.28. The summed E-state index contributed by atoms with van der Waals surface area (Å²) in [6.45, 7) is 4.52. The number of hydrogen-bond acceptors (Lipinski definition) is 8. The molecule has 0 unspecified atom stereocenters. The Bertz CT molecular complexity index is 496. The minimum atomic E-state index is -0.489. The molecule has 0 aliphatic rings. The maximum absolute atomic E-state index is 10.4. The lowest BCUT2D eigenvalue weighted by molar-refractivity contribution is -0.404. The van der Waals surface area contributed by atoms with Gasteiger partial charge in [-0.1, -0.05) is 0 Å². The molecule has 0 aliphatic heterocycles. The standard InChI is InChI=1S/C12H21N5O2S2/c1-12(2,13)11-16-9(8-21-11)7-20-5-4-15-10(14-3)6-17(18)19/h6,8,14-15H,4-5,7,13H2,1-3H3/b10-6+. The Labute approximate surface area is 132 Å². The van der Waals surface area contributed by atoms with E-state index in [0.717, 1.165) is 28.4 Å². The number of nitrogens with one attached hydrogen (secondary N) is 2. The largest absolute Gasteiger partial charge is 0.370 e. The Morgan fingerprint density at radius 1 is 1.67 bits per heavy atom. The quantitative estimate of drug-likeness (QED) is 0.357. The predicted molar refractivity (Wildman–Crippen MR) is 87.6 cm³/mol. The molecule has 0 spiro atoms. The summed E-state index contributed by atoms with van der Waals surface area (Å²) in [5.74, 6) is 2.04. The molecule has 1 heterocycles. The van der Waals surface area contributed by atoms with Crippen molar-refractivity contribution in [1.82, 2.24) is 15.6 Å². The van der Waals surface area contributed by atoms with Crippen molar-refractivity contribution in [2.45, 2.75) is 25.1 Å². The van der Waals surface area contributed by atoms with Gasteiger partial charge in [-0.3, -0.25) is 10.1 Å². The Morgan fingerprint density at radius 3 is 2.90 bits per heavy atom. The third-order valence-corrected chi connectivity index (χ3v) is 4.64. The van der Waals surface area contributed by atoms with Crippen molar-refractivity contribution in [1.29, 1.82) is 0 Å². The van der Waals surface area contributed by atoms with Crippen LogP contribution in [0.4, 0.5) is 0 Å². The predicted octanol–water partition coefficient (Wildman–Crippen LogP) is 1.45. The highest BCUT2D eigenvalue weighted by Gasteiger charge is 2.18. The van der Waals surface area contributed by atoms with E-state index in [4.69, 9.17) is 5.73 Å².